The van der Waals surface area contributed by atoms with E-state index in [4.69, 9.17) is 9.84 Å². The van der Waals surface area contributed by atoms with E-state index in [1.807, 2.05) is 0 Å². The van der Waals surface area contributed by atoms with Crippen LogP contribution < -0.4 is 20.7 Å². The number of nitrogens with one attached hydrogen (secondary N) is 3. The molecule has 0 saturated heterocycles. The lowest BCUT2D eigenvalue weighted by molar-refractivity contribution is -0.142. The second-order valence-corrected chi connectivity index (χ2v) is 11.9. The normalized spacial score (nSPS) is 12.0. The van der Waals surface area contributed by atoms with Crippen LogP contribution >= 0.6 is 0 Å². The Bertz CT molecular complexity index is 1910. The van der Waals surface area contributed by atoms with Crippen molar-refractivity contribution in [3.63, 3.8) is 0 Å². The molecule has 0 fully saturated rings. The summed E-state index contributed by atoms with van der Waals surface area (Å²) in [6.07, 6.45) is -1.08. The monoisotopic (exact) mass is 779 g/mol. The minimum Gasteiger partial charge on any atom is -0.480 e. The van der Waals surface area contributed by atoms with Crippen LogP contribution in [0, 0.1) is 23.3 Å². The number of carboxylic acids is 1. The summed E-state index contributed by atoms with van der Waals surface area (Å²) in [4.78, 5) is 55.2. The zero-order valence-corrected chi connectivity index (χ0v) is 29.4. The summed E-state index contributed by atoms with van der Waals surface area (Å²) in [5.41, 5.74) is -0.604. The topological polar surface area (TPSA) is 160 Å². The van der Waals surface area contributed by atoms with Crippen LogP contribution in [-0.4, -0.2) is 50.8 Å². The van der Waals surface area contributed by atoms with Crippen molar-refractivity contribution in [1.82, 2.24) is 20.6 Å². The predicted octanol–water partition coefficient (Wildman–Crippen LogP) is 6.91. The van der Waals surface area contributed by atoms with Crippen LogP contribution in [0.25, 0.3) is 0 Å². The number of benzene rings is 3. The molecule has 1 heterocycles. The molecule has 3 amide bonds. The van der Waals surface area contributed by atoms with Crippen molar-refractivity contribution in [1.29, 1.82) is 0 Å². The molecular weight excluding hydrogens is 743 g/mol. The lowest BCUT2D eigenvalue weighted by atomic mass is 10.1. The van der Waals surface area contributed by atoms with E-state index in [1.165, 1.54) is 12.1 Å². The van der Waals surface area contributed by atoms with Crippen LogP contribution in [0.2, 0.25) is 0 Å². The molecule has 0 spiro atoms. The van der Waals surface area contributed by atoms with E-state index in [2.05, 4.69) is 25.9 Å². The van der Waals surface area contributed by atoms with Gasteiger partial charge in [-0.2, -0.15) is 13.2 Å². The zero-order valence-electron chi connectivity index (χ0n) is 29.4. The number of hydrogen-bond acceptors (Lipinski definition) is 7. The van der Waals surface area contributed by atoms with E-state index in [1.54, 1.807) is 13.8 Å². The third kappa shape index (κ3) is 15.1. The van der Waals surface area contributed by atoms with Crippen molar-refractivity contribution in [2.45, 2.75) is 70.6 Å². The fourth-order valence-electron chi connectivity index (χ4n) is 4.89. The molecule has 1 aromatic heterocycles. The molecule has 2 atom stereocenters. The van der Waals surface area contributed by atoms with Gasteiger partial charge in [-0.15, -0.1) is 0 Å². The number of nitrogens with zero attached hydrogens (tertiary/aromatic N) is 2. The number of carbonyl (C=O) groups is 4. The van der Waals surface area contributed by atoms with E-state index in [9.17, 15) is 49.9 Å². The molecule has 3 aromatic carbocycles. The number of aliphatic carboxylic acids is 1. The van der Waals surface area contributed by atoms with Crippen molar-refractivity contribution in [3.8, 4) is 11.5 Å². The van der Waals surface area contributed by atoms with Crippen LogP contribution in [0.3, 0.4) is 0 Å². The molecule has 0 radical (unpaired) electrons. The molecule has 18 heteroatoms. The SMILES string of the molecule is CCCC(NC(=O)Cc1cc(F)cc(F)c1)C(=O)Nc1ncc(Oc2cccc(C(F)(F)F)c2)cn1.CCCC(NC(=O)Cc1cc(F)cc(F)c1)C(=O)O. The number of amides is 3. The number of halogens is 7. The number of ether oxygens (including phenoxy) is 1. The van der Waals surface area contributed by atoms with Crippen molar-refractivity contribution < 1.29 is 59.8 Å². The number of rotatable bonds is 15. The average molecular weight is 780 g/mol. The first-order valence-corrected chi connectivity index (χ1v) is 16.6. The van der Waals surface area contributed by atoms with Gasteiger partial charge >= 0.3 is 12.1 Å². The zero-order chi connectivity index (χ0) is 40.7. The third-order valence-corrected chi connectivity index (χ3v) is 7.27. The molecule has 55 heavy (non-hydrogen) atoms. The first kappa shape index (κ1) is 43.3. The first-order chi connectivity index (χ1) is 25.9. The van der Waals surface area contributed by atoms with Crippen LogP contribution in [0.1, 0.15) is 56.2 Å². The Morgan fingerprint density at radius 1 is 0.709 bits per heavy atom. The number of alkyl halides is 3. The number of aromatic nitrogens is 2. The molecule has 4 N–H and O–H groups in total. The second kappa shape index (κ2) is 20.4. The van der Waals surface area contributed by atoms with Gasteiger partial charge in [0.05, 0.1) is 30.8 Å². The van der Waals surface area contributed by atoms with Gasteiger partial charge in [0.1, 0.15) is 41.1 Å². The Hall–Kier alpha value is -6.07. The number of carbonyl (C=O) groups excluding carboxylic acids is 3. The molecule has 4 rings (SSSR count). The molecule has 294 valence electrons. The highest BCUT2D eigenvalue weighted by Crippen LogP contribution is 2.32. The van der Waals surface area contributed by atoms with Crippen molar-refractivity contribution in [3.05, 3.63) is 113 Å². The molecule has 11 nitrogen and oxygen atoms in total. The fraction of sp³-hybridized carbons (Fsp3) is 0.297. The Morgan fingerprint density at radius 3 is 1.64 bits per heavy atom. The Kier molecular flexibility index (Phi) is 16.1. The molecular formula is C37H36F7N5O6. The molecule has 0 aliphatic heterocycles. The number of anilines is 1. The van der Waals surface area contributed by atoms with Gasteiger partial charge in [0.2, 0.25) is 23.7 Å². The van der Waals surface area contributed by atoms with Crippen molar-refractivity contribution in [2.75, 3.05) is 5.32 Å². The standard InChI is InChI=1S/C24H21F5N4O3.C13H15F2NO3/c1-2-4-20(32-21(34)9-14-7-16(25)11-17(26)8-14)22(35)33-23-30-12-19(13-31-23)36-18-6-3-5-15(10-18)24(27,28)29;1-2-3-11(13(18)19)16-12(17)6-8-4-9(14)7-10(15)5-8/h3,5-8,10-13,20H,2,4,9H2,1H3,(H,32,34)(H,30,31,33,35);4-5,7,11H,2-3,6H2,1H3,(H,16,17)(H,18,19). The van der Waals surface area contributed by atoms with Gasteiger partial charge < -0.3 is 20.5 Å². The van der Waals surface area contributed by atoms with Gasteiger partial charge in [0.25, 0.3) is 0 Å². The average Bonchev–Trinajstić information content (AvgIpc) is 3.08. The van der Waals surface area contributed by atoms with Gasteiger partial charge in [-0.1, -0.05) is 32.8 Å². The van der Waals surface area contributed by atoms with Crippen LogP contribution in [-0.2, 0) is 38.2 Å². The van der Waals surface area contributed by atoms with Crippen LogP contribution in [0.5, 0.6) is 11.5 Å². The van der Waals surface area contributed by atoms with Crippen LogP contribution in [0.4, 0.5) is 36.7 Å². The fourth-order valence-corrected chi connectivity index (χ4v) is 4.89. The number of hydrogen-bond donors (Lipinski definition) is 4. The van der Waals surface area contributed by atoms with E-state index in [0.717, 1.165) is 48.8 Å². The summed E-state index contributed by atoms with van der Waals surface area (Å²) in [5, 5.41) is 16.1. The third-order valence-electron chi connectivity index (χ3n) is 7.27. The van der Waals surface area contributed by atoms with Gasteiger partial charge in [-0.05, 0) is 66.4 Å². The number of carboxylic acid groups (broad SMARTS) is 1. The van der Waals surface area contributed by atoms with E-state index in [-0.39, 0.29) is 47.8 Å². The molecule has 0 aliphatic carbocycles. The smallest absolute Gasteiger partial charge is 0.416 e. The van der Waals surface area contributed by atoms with Gasteiger partial charge in [0.15, 0.2) is 5.75 Å². The lowest BCUT2D eigenvalue weighted by Crippen LogP contribution is -2.44. The molecule has 4 aromatic rings. The van der Waals surface area contributed by atoms with Gasteiger partial charge in [-0.3, -0.25) is 19.7 Å². The summed E-state index contributed by atoms with van der Waals surface area (Å²) >= 11 is 0. The Balaban J connectivity index is 0.000000360. The van der Waals surface area contributed by atoms with E-state index >= 15 is 0 Å². The molecule has 0 saturated carbocycles. The summed E-state index contributed by atoms with van der Waals surface area (Å²) in [5.74, 6) is -6.29. The molecule has 0 bridgehead atoms. The maximum atomic E-state index is 13.3. The highest BCUT2D eigenvalue weighted by atomic mass is 19.4. The summed E-state index contributed by atoms with van der Waals surface area (Å²) < 4.78 is 96.4. The second-order valence-electron chi connectivity index (χ2n) is 11.9. The maximum Gasteiger partial charge on any atom is 0.416 e. The minimum absolute atomic E-state index is 0.0352. The lowest BCUT2D eigenvalue weighted by Gasteiger charge is -2.17. The summed E-state index contributed by atoms with van der Waals surface area (Å²) in [6, 6.07) is 7.83. The van der Waals surface area contributed by atoms with Crippen molar-refractivity contribution in [2.24, 2.45) is 0 Å². The minimum atomic E-state index is -4.53. The highest BCUT2D eigenvalue weighted by molar-refractivity contribution is 5.96. The highest BCUT2D eigenvalue weighted by Gasteiger charge is 2.30. The summed E-state index contributed by atoms with van der Waals surface area (Å²) in [7, 11) is 0. The Labute approximate surface area is 310 Å². The van der Waals surface area contributed by atoms with E-state index < -0.39 is 70.8 Å². The largest absolute Gasteiger partial charge is 0.480 e. The first-order valence-electron chi connectivity index (χ1n) is 16.6. The van der Waals surface area contributed by atoms with Gasteiger partial charge in [0, 0.05) is 12.1 Å². The molecule has 2 unspecified atom stereocenters. The van der Waals surface area contributed by atoms with Gasteiger partial charge in [-0.25, -0.2) is 32.3 Å². The molecule has 0 aliphatic rings. The van der Waals surface area contributed by atoms with E-state index in [0.29, 0.717) is 31.4 Å². The quantitative estimate of drug-likeness (QED) is 0.0948. The maximum absolute atomic E-state index is 13.3. The van der Waals surface area contributed by atoms with Crippen molar-refractivity contribution >= 4 is 29.6 Å². The Morgan fingerprint density at radius 2 is 1.18 bits per heavy atom. The van der Waals surface area contributed by atoms with Crippen LogP contribution in [0.15, 0.2) is 73.1 Å². The predicted molar refractivity (Wildman–Crippen MR) is 184 cm³/mol. The summed E-state index contributed by atoms with van der Waals surface area (Å²) in [6.45, 7) is 3.59.